The number of anilines is 1. The molecule has 19 heavy (non-hydrogen) atoms. The van der Waals surface area contributed by atoms with Gasteiger partial charge in [0.1, 0.15) is 5.52 Å². The van der Waals surface area contributed by atoms with E-state index in [0.29, 0.717) is 12.6 Å². The summed E-state index contributed by atoms with van der Waals surface area (Å²) in [5.41, 5.74) is 8.98. The molecule has 0 amide bonds. The number of nitrogen functional groups attached to an aromatic ring is 1. The zero-order valence-electron chi connectivity index (χ0n) is 10.4. The van der Waals surface area contributed by atoms with Crippen LogP contribution in [0.5, 0.6) is 0 Å². The highest BCUT2D eigenvalue weighted by Crippen LogP contribution is 2.31. The number of benzene rings is 1. The van der Waals surface area contributed by atoms with E-state index < -0.39 is 0 Å². The molecule has 0 saturated carbocycles. The topological polar surface area (TPSA) is 66.0 Å². The molecule has 1 saturated heterocycles. The minimum absolute atomic E-state index is 0.274. The maximum atomic E-state index is 6.09. The molecule has 3 aromatic rings. The van der Waals surface area contributed by atoms with Gasteiger partial charge in [0, 0.05) is 12.0 Å². The van der Waals surface area contributed by atoms with Crippen LogP contribution in [0.15, 0.2) is 30.5 Å². The van der Waals surface area contributed by atoms with Crippen LogP contribution in [-0.4, -0.2) is 27.7 Å². The molecule has 1 atom stereocenters. The van der Waals surface area contributed by atoms with Gasteiger partial charge >= 0.3 is 0 Å². The first-order valence-electron chi connectivity index (χ1n) is 6.43. The summed E-state index contributed by atoms with van der Waals surface area (Å²) in [5, 5.41) is 1.09. The molecular formula is C14H14N4O. The molecule has 1 unspecified atom stereocenters. The van der Waals surface area contributed by atoms with Gasteiger partial charge in [0.25, 0.3) is 0 Å². The number of imidazole rings is 1. The summed E-state index contributed by atoms with van der Waals surface area (Å²) in [4.78, 5) is 8.86. The Bertz CT molecular complexity index is 759. The first-order valence-corrected chi connectivity index (χ1v) is 6.43. The number of hydrogen-bond donors (Lipinski definition) is 1. The third-order valence-electron chi connectivity index (χ3n) is 3.72. The van der Waals surface area contributed by atoms with Crippen LogP contribution >= 0.6 is 0 Å². The lowest BCUT2D eigenvalue weighted by Crippen LogP contribution is -2.11. The van der Waals surface area contributed by atoms with Crippen molar-refractivity contribution in [2.45, 2.75) is 12.5 Å². The number of nitrogens with two attached hydrogens (primary N) is 1. The van der Waals surface area contributed by atoms with Crippen molar-refractivity contribution in [3.8, 4) is 0 Å². The molecule has 0 bridgehead atoms. The maximum absolute atomic E-state index is 6.09. The van der Waals surface area contributed by atoms with Crippen molar-refractivity contribution < 1.29 is 4.74 Å². The van der Waals surface area contributed by atoms with Gasteiger partial charge in [-0.15, -0.1) is 0 Å². The predicted molar refractivity (Wildman–Crippen MR) is 73.9 cm³/mol. The van der Waals surface area contributed by atoms with Crippen LogP contribution in [0.25, 0.3) is 21.9 Å². The highest BCUT2D eigenvalue weighted by atomic mass is 16.5. The summed E-state index contributed by atoms with van der Waals surface area (Å²) in [6.07, 6.45) is 2.77. The number of nitrogens with zero attached hydrogens (tertiary/aromatic N) is 3. The highest BCUT2D eigenvalue weighted by Gasteiger charge is 2.23. The van der Waals surface area contributed by atoms with Gasteiger partial charge in [-0.05, 0) is 12.5 Å². The van der Waals surface area contributed by atoms with Crippen LogP contribution in [0, 0.1) is 0 Å². The molecule has 1 aliphatic heterocycles. The Hall–Kier alpha value is -2.14. The molecule has 0 radical (unpaired) electrons. The van der Waals surface area contributed by atoms with Crippen molar-refractivity contribution in [2.75, 3.05) is 18.9 Å². The van der Waals surface area contributed by atoms with E-state index in [9.17, 15) is 0 Å². The van der Waals surface area contributed by atoms with Gasteiger partial charge < -0.3 is 15.0 Å². The van der Waals surface area contributed by atoms with Crippen LogP contribution in [-0.2, 0) is 4.74 Å². The summed E-state index contributed by atoms with van der Waals surface area (Å²) in [6.45, 7) is 1.49. The molecule has 1 aliphatic rings. The van der Waals surface area contributed by atoms with Crippen LogP contribution in [0.2, 0.25) is 0 Å². The minimum atomic E-state index is 0.274. The molecule has 1 aromatic carbocycles. The Balaban J connectivity index is 2.10. The molecule has 5 heteroatoms. The maximum Gasteiger partial charge on any atom is 0.201 e. The van der Waals surface area contributed by atoms with E-state index in [1.54, 1.807) is 6.20 Å². The van der Waals surface area contributed by atoms with Crippen molar-refractivity contribution in [1.29, 1.82) is 0 Å². The van der Waals surface area contributed by atoms with Gasteiger partial charge in [-0.3, -0.25) is 4.98 Å². The average Bonchev–Trinajstić information content (AvgIpc) is 3.04. The molecule has 5 nitrogen and oxygen atoms in total. The lowest BCUT2D eigenvalue weighted by Gasteiger charge is -2.13. The Morgan fingerprint density at radius 3 is 3.00 bits per heavy atom. The fourth-order valence-electron chi connectivity index (χ4n) is 2.84. The van der Waals surface area contributed by atoms with Crippen molar-refractivity contribution in [2.24, 2.45) is 0 Å². The van der Waals surface area contributed by atoms with E-state index in [1.807, 2.05) is 18.2 Å². The first kappa shape index (κ1) is 10.8. The van der Waals surface area contributed by atoms with Crippen molar-refractivity contribution >= 4 is 27.9 Å². The van der Waals surface area contributed by atoms with E-state index in [4.69, 9.17) is 10.5 Å². The van der Waals surface area contributed by atoms with Crippen molar-refractivity contribution in [1.82, 2.24) is 14.5 Å². The Kier molecular flexibility index (Phi) is 2.22. The molecule has 0 spiro atoms. The van der Waals surface area contributed by atoms with Gasteiger partial charge in [0.2, 0.25) is 5.95 Å². The fourth-order valence-corrected chi connectivity index (χ4v) is 2.84. The Labute approximate surface area is 110 Å². The average molecular weight is 254 g/mol. The normalized spacial score (nSPS) is 19.5. The number of pyridine rings is 1. The molecule has 3 heterocycles. The van der Waals surface area contributed by atoms with Crippen LogP contribution in [0.1, 0.15) is 12.5 Å². The quantitative estimate of drug-likeness (QED) is 0.722. The number of hydrogen-bond acceptors (Lipinski definition) is 4. The lowest BCUT2D eigenvalue weighted by atomic mass is 10.1. The Morgan fingerprint density at radius 1 is 1.26 bits per heavy atom. The summed E-state index contributed by atoms with van der Waals surface area (Å²) >= 11 is 0. The zero-order chi connectivity index (χ0) is 12.8. The van der Waals surface area contributed by atoms with E-state index >= 15 is 0 Å². The van der Waals surface area contributed by atoms with E-state index in [0.717, 1.165) is 35.0 Å². The molecule has 1 fully saturated rings. The van der Waals surface area contributed by atoms with Gasteiger partial charge in [-0.2, -0.15) is 0 Å². The van der Waals surface area contributed by atoms with Crippen LogP contribution in [0.3, 0.4) is 0 Å². The van der Waals surface area contributed by atoms with E-state index in [-0.39, 0.29) is 6.04 Å². The lowest BCUT2D eigenvalue weighted by molar-refractivity contribution is 0.187. The number of ether oxygens (including phenoxy) is 1. The van der Waals surface area contributed by atoms with Gasteiger partial charge in [0.15, 0.2) is 0 Å². The number of para-hydroxylation sites is 1. The second-order valence-electron chi connectivity index (χ2n) is 4.87. The summed E-state index contributed by atoms with van der Waals surface area (Å²) in [5.74, 6) is 0.545. The number of aromatic nitrogens is 3. The van der Waals surface area contributed by atoms with Gasteiger partial charge in [0.05, 0.1) is 29.9 Å². The SMILES string of the molecule is Nc1nc2cnc3ccccc3c2n1C1CCOC1. The van der Waals surface area contributed by atoms with Crippen LogP contribution < -0.4 is 5.73 Å². The monoisotopic (exact) mass is 254 g/mol. The predicted octanol–water partition coefficient (Wildman–Crippen LogP) is 2.13. The molecule has 2 N–H and O–H groups in total. The molecular weight excluding hydrogens is 240 g/mol. The zero-order valence-corrected chi connectivity index (χ0v) is 10.4. The summed E-state index contributed by atoms with van der Waals surface area (Å²) in [6, 6.07) is 8.35. The molecule has 2 aromatic heterocycles. The van der Waals surface area contributed by atoms with E-state index in [2.05, 4.69) is 20.6 Å². The summed E-state index contributed by atoms with van der Waals surface area (Å²) < 4.78 is 7.58. The van der Waals surface area contributed by atoms with Gasteiger partial charge in [-0.1, -0.05) is 18.2 Å². The van der Waals surface area contributed by atoms with Crippen molar-refractivity contribution in [3.05, 3.63) is 30.5 Å². The fraction of sp³-hybridized carbons (Fsp3) is 0.286. The second kappa shape index (κ2) is 3.93. The smallest absolute Gasteiger partial charge is 0.201 e. The number of fused-ring (bicyclic) bond motifs is 3. The Morgan fingerprint density at radius 2 is 2.16 bits per heavy atom. The highest BCUT2D eigenvalue weighted by molar-refractivity contribution is 6.03. The molecule has 4 rings (SSSR count). The van der Waals surface area contributed by atoms with E-state index in [1.165, 1.54) is 0 Å². The molecule has 0 aliphatic carbocycles. The van der Waals surface area contributed by atoms with Crippen molar-refractivity contribution in [3.63, 3.8) is 0 Å². The molecule has 96 valence electrons. The first-order chi connectivity index (χ1) is 9.34. The largest absolute Gasteiger partial charge is 0.379 e. The summed E-state index contributed by atoms with van der Waals surface area (Å²) in [7, 11) is 0. The van der Waals surface area contributed by atoms with Crippen LogP contribution in [0.4, 0.5) is 5.95 Å². The standard InChI is InChI=1S/C14H14N4O/c15-14-17-12-7-16-11-4-2-1-3-10(11)13(12)18(14)9-5-6-19-8-9/h1-4,7,9H,5-6,8H2,(H2,15,17). The minimum Gasteiger partial charge on any atom is -0.379 e. The van der Waals surface area contributed by atoms with Gasteiger partial charge in [-0.25, -0.2) is 4.98 Å². The third-order valence-corrected chi connectivity index (χ3v) is 3.72. The number of rotatable bonds is 1. The second-order valence-corrected chi connectivity index (χ2v) is 4.87. The third kappa shape index (κ3) is 1.51.